The average molecular weight is 475 g/mol. The van der Waals surface area contributed by atoms with E-state index < -0.39 is 28.6 Å². The zero-order valence-corrected chi connectivity index (χ0v) is 19.2. The zero-order chi connectivity index (χ0) is 24.7. The molecule has 0 saturated carbocycles. The van der Waals surface area contributed by atoms with Gasteiger partial charge >= 0.3 is 5.97 Å². The first-order chi connectivity index (χ1) is 16.8. The van der Waals surface area contributed by atoms with Crippen LogP contribution in [0.3, 0.4) is 0 Å². The fourth-order valence-corrected chi connectivity index (χ4v) is 4.81. The first-order valence-corrected chi connectivity index (χ1v) is 11.5. The highest BCUT2D eigenvalue weighted by Gasteiger charge is 2.28. The molecule has 5 nitrogen and oxygen atoms in total. The van der Waals surface area contributed by atoms with Gasteiger partial charge < -0.3 is 14.6 Å². The molecule has 1 aliphatic rings. The lowest BCUT2D eigenvalue weighted by atomic mass is 10.0. The number of benzene rings is 3. The number of carbonyl (C=O) groups is 1. The zero-order valence-electron chi connectivity index (χ0n) is 19.2. The Morgan fingerprint density at radius 1 is 1.06 bits per heavy atom. The second-order valence-corrected chi connectivity index (χ2v) is 9.12. The summed E-state index contributed by atoms with van der Waals surface area (Å²) >= 11 is 0. The third-order valence-electron chi connectivity index (χ3n) is 6.61. The van der Waals surface area contributed by atoms with Crippen LogP contribution < -0.4 is 10.3 Å². The van der Waals surface area contributed by atoms with Crippen molar-refractivity contribution in [3.8, 4) is 11.1 Å². The topological polar surface area (TPSA) is 62.5 Å². The van der Waals surface area contributed by atoms with E-state index in [1.165, 1.54) is 4.57 Å². The maximum absolute atomic E-state index is 15.9. The van der Waals surface area contributed by atoms with E-state index >= 15 is 8.78 Å². The molecule has 1 unspecified atom stereocenters. The number of carboxylic acid groups (broad SMARTS) is 1. The van der Waals surface area contributed by atoms with Gasteiger partial charge in [0.2, 0.25) is 5.43 Å². The third-order valence-corrected chi connectivity index (χ3v) is 6.61. The molecule has 1 atom stereocenters. The van der Waals surface area contributed by atoms with Crippen molar-refractivity contribution in [3.05, 3.63) is 99.8 Å². The number of nitrogens with zero attached hydrogens (tertiary/aromatic N) is 2. The summed E-state index contributed by atoms with van der Waals surface area (Å²) in [6, 6.07) is 18.4. The minimum absolute atomic E-state index is 0.0944. The molecule has 5 rings (SSSR count). The fraction of sp³-hybridized carbons (Fsp3) is 0.214. The molecule has 1 aromatic heterocycles. The van der Waals surface area contributed by atoms with Crippen molar-refractivity contribution in [3.63, 3.8) is 0 Å². The van der Waals surface area contributed by atoms with Gasteiger partial charge in [0.1, 0.15) is 17.1 Å². The van der Waals surface area contributed by atoms with Crippen LogP contribution >= 0.6 is 0 Å². The van der Waals surface area contributed by atoms with Crippen molar-refractivity contribution >= 4 is 22.6 Å². The van der Waals surface area contributed by atoms with E-state index in [-0.39, 0.29) is 23.1 Å². The van der Waals surface area contributed by atoms with Gasteiger partial charge in [-0.2, -0.15) is 0 Å². The molecule has 2 heterocycles. The number of fused-ring (bicyclic) bond motifs is 1. The number of pyridine rings is 1. The number of hydrogen-bond donors (Lipinski definition) is 1. The van der Waals surface area contributed by atoms with Crippen LogP contribution in [0.15, 0.2) is 71.7 Å². The lowest BCUT2D eigenvalue weighted by Gasteiger charge is -2.22. The van der Waals surface area contributed by atoms with Crippen molar-refractivity contribution in [2.75, 3.05) is 18.0 Å². The van der Waals surface area contributed by atoms with Gasteiger partial charge in [-0.3, -0.25) is 4.79 Å². The second kappa shape index (κ2) is 8.98. The molecule has 0 amide bonds. The number of halogens is 2. The van der Waals surface area contributed by atoms with Crippen LogP contribution in [0.25, 0.3) is 22.0 Å². The van der Waals surface area contributed by atoms with E-state index in [1.807, 2.05) is 61.5 Å². The van der Waals surface area contributed by atoms with Crippen molar-refractivity contribution in [1.29, 1.82) is 0 Å². The average Bonchev–Trinajstić information content (AvgIpc) is 3.27. The SMILES string of the molecule is CC1CCN(c2c(F)cc3c(=O)c(C(=O)O)cn(Cc4ccc(-c5ccccc5)cc4)c3c2F)C1. The summed E-state index contributed by atoms with van der Waals surface area (Å²) in [4.78, 5) is 26.2. The molecule has 1 fully saturated rings. The second-order valence-electron chi connectivity index (χ2n) is 9.12. The molecule has 1 N–H and O–H groups in total. The van der Waals surface area contributed by atoms with Gasteiger partial charge in [0.25, 0.3) is 0 Å². The van der Waals surface area contributed by atoms with E-state index in [4.69, 9.17) is 0 Å². The van der Waals surface area contributed by atoms with Crippen LogP contribution in [0.4, 0.5) is 14.5 Å². The molecule has 35 heavy (non-hydrogen) atoms. The Hall–Kier alpha value is -4.00. The van der Waals surface area contributed by atoms with Crippen LogP contribution in [-0.4, -0.2) is 28.7 Å². The molecule has 1 aliphatic heterocycles. The summed E-state index contributed by atoms with van der Waals surface area (Å²) in [7, 11) is 0. The predicted molar refractivity (Wildman–Crippen MR) is 132 cm³/mol. The van der Waals surface area contributed by atoms with Crippen molar-refractivity contribution in [1.82, 2.24) is 4.57 Å². The standard InChI is InChI=1S/C28H24F2N2O3/c1-17-11-12-31(14-17)26-23(29)13-21-25(24(26)30)32(16-22(27(21)33)28(34)35)15-18-7-9-20(10-8-18)19-5-3-2-4-6-19/h2-10,13,16-17H,11-12,14-15H2,1H3,(H,34,35). The molecule has 7 heteroatoms. The molecule has 0 aliphatic carbocycles. The summed E-state index contributed by atoms with van der Waals surface area (Å²) in [5.41, 5.74) is 1.14. The van der Waals surface area contributed by atoms with E-state index in [9.17, 15) is 14.7 Å². The maximum Gasteiger partial charge on any atom is 0.341 e. The smallest absolute Gasteiger partial charge is 0.341 e. The van der Waals surface area contributed by atoms with Gasteiger partial charge in [-0.15, -0.1) is 0 Å². The highest BCUT2D eigenvalue weighted by atomic mass is 19.1. The first kappa shape index (κ1) is 22.8. The Kier molecular flexibility index (Phi) is 5.84. The van der Waals surface area contributed by atoms with Crippen LogP contribution in [0.1, 0.15) is 29.3 Å². The minimum Gasteiger partial charge on any atom is -0.477 e. The number of anilines is 1. The van der Waals surface area contributed by atoms with Crippen molar-refractivity contribution in [2.24, 2.45) is 5.92 Å². The monoisotopic (exact) mass is 474 g/mol. The summed E-state index contributed by atoms with van der Waals surface area (Å²) in [6.45, 7) is 3.16. The summed E-state index contributed by atoms with van der Waals surface area (Å²) in [5.74, 6) is -2.85. The molecule has 0 bridgehead atoms. The van der Waals surface area contributed by atoms with Gasteiger partial charge in [-0.25, -0.2) is 13.6 Å². The van der Waals surface area contributed by atoms with Gasteiger partial charge in [-0.1, -0.05) is 61.5 Å². The fourth-order valence-electron chi connectivity index (χ4n) is 4.81. The summed E-state index contributed by atoms with van der Waals surface area (Å²) in [5, 5.41) is 9.28. The van der Waals surface area contributed by atoms with E-state index in [0.29, 0.717) is 19.0 Å². The molecule has 3 aromatic carbocycles. The molecule has 0 radical (unpaired) electrons. The van der Waals surface area contributed by atoms with Gasteiger partial charge in [-0.05, 0) is 35.1 Å². The van der Waals surface area contributed by atoms with Gasteiger partial charge in [0.05, 0.1) is 10.9 Å². The largest absolute Gasteiger partial charge is 0.477 e. The molecule has 1 saturated heterocycles. The molecular weight excluding hydrogens is 450 g/mol. The van der Waals surface area contributed by atoms with Gasteiger partial charge in [0, 0.05) is 25.8 Å². The Labute approximate surface area is 200 Å². The highest BCUT2D eigenvalue weighted by Crippen LogP contribution is 2.33. The number of carboxylic acids is 1. The van der Waals surface area contributed by atoms with Crippen LogP contribution in [0.2, 0.25) is 0 Å². The van der Waals surface area contributed by atoms with Crippen molar-refractivity contribution < 1.29 is 18.7 Å². The molecule has 178 valence electrons. The number of aromatic carboxylic acids is 1. The Balaban J connectivity index is 1.64. The minimum atomic E-state index is -1.44. The number of rotatable bonds is 5. The molecule has 0 spiro atoms. The van der Waals surface area contributed by atoms with E-state index in [0.717, 1.165) is 35.4 Å². The highest BCUT2D eigenvalue weighted by molar-refractivity contribution is 5.94. The summed E-state index contributed by atoms with van der Waals surface area (Å²) < 4.78 is 32.3. The lowest BCUT2D eigenvalue weighted by molar-refractivity contribution is 0.0694. The first-order valence-electron chi connectivity index (χ1n) is 11.5. The Morgan fingerprint density at radius 2 is 1.74 bits per heavy atom. The van der Waals surface area contributed by atoms with Gasteiger partial charge in [0.15, 0.2) is 5.82 Å². The quantitative estimate of drug-likeness (QED) is 0.413. The molecular formula is C28H24F2N2O3. The van der Waals surface area contributed by atoms with Crippen LogP contribution in [0.5, 0.6) is 0 Å². The predicted octanol–water partition coefficient (Wildman–Crippen LogP) is 5.54. The van der Waals surface area contributed by atoms with E-state index in [2.05, 4.69) is 0 Å². The van der Waals surface area contributed by atoms with Crippen LogP contribution in [-0.2, 0) is 6.54 Å². The van der Waals surface area contributed by atoms with Crippen LogP contribution in [0, 0.1) is 17.6 Å². The summed E-state index contributed by atoms with van der Waals surface area (Å²) in [6.07, 6.45) is 1.96. The van der Waals surface area contributed by atoms with E-state index in [1.54, 1.807) is 4.90 Å². The number of hydrogen-bond acceptors (Lipinski definition) is 3. The maximum atomic E-state index is 15.9. The Morgan fingerprint density at radius 3 is 2.37 bits per heavy atom. The lowest BCUT2D eigenvalue weighted by Crippen LogP contribution is -2.25. The molecule has 4 aromatic rings. The number of aromatic nitrogens is 1. The Bertz CT molecular complexity index is 1480. The normalized spacial score (nSPS) is 15.6. The third kappa shape index (κ3) is 4.18. The van der Waals surface area contributed by atoms with Crippen molar-refractivity contribution in [2.45, 2.75) is 19.9 Å².